The lowest BCUT2D eigenvalue weighted by Gasteiger charge is -2.22. The molecule has 2 aromatic heterocycles. The first kappa shape index (κ1) is 23.7. The summed E-state index contributed by atoms with van der Waals surface area (Å²) in [6.45, 7) is -0.296. The normalized spacial score (nSPS) is 21.4. The molecule has 4 aromatic rings. The smallest absolute Gasteiger partial charge is 0.338 e. The Morgan fingerprint density at radius 1 is 1.03 bits per heavy atom. The molecule has 0 bridgehead atoms. The van der Waals surface area contributed by atoms with Crippen LogP contribution in [0.25, 0.3) is 11.2 Å². The van der Waals surface area contributed by atoms with Crippen molar-refractivity contribution in [2.24, 2.45) is 0 Å². The van der Waals surface area contributed by atoms with Crippen LogP contribution in [-0.2, 0) is 14.2 Å². The molecular weight excluding hydrogens is 490 g/mol. The van der Waals surface area contributed by atoms with Crippen molar-refractivity contribution < 1.29 is 28.9 Å². The number of hydrogen-bond acceptors (Lipinski definition) is 10. The first-order valence-electron chi connectivity index (χ1n) is 10.9. The molecule has 0 spiro atoms. The zero-order valence-electron chi connectivity index (χ0n) is 18.6. The minimum Gasteiger partial charge on any atom is -0.459 e. The number of nitrogens with zero attached hydrogens (tertiary/aromatic N) is 4. The van der Waals surface area contributed by atoms with E-state index in [1.807, 2.05) is 0 Å². The second-order valence-corrected chi connectivity index (χ2v) is 8.30. The molecule has 0 saturated carbocycles. The number of hydrogen-bond donors (Lipinski definition) is 2. The molecule has 1 saturated heterocycles. The van der Waals surface area contributed by atoms with Gasteiger partial charge in [-0.05, 0) is 35.9 Å². The molecule has 184 valence electrons. The Hall–Kier alpha value is -4.06. The lowest BCUT2D eigenvalue weighted by atomic mass is 10.1. The summed E-state index contributed by atoms with van der Waals surface area (Å²) in [4.78, 5) is 37.5. The number of aromatic nitrogens is 4. The van der Waals surface area contributed by atoms with E-state index >= 15 is 0 Å². The zero-order chi connectivity index (χ0) is 25.2. The molecular formula is C24H20ClN5O6. The average Bonchev–Trinajstić information content (AvgIpc) is 3.44. The number of rotatable bonds is 6. The molecule has 2 aromatic carbocycles. The summed E-state index contributed by atoms with van der Waals surface area (Å²) in [6.07, 6.45) is -3.29. The number of benzene rings is 2. The van der Waals surface area contributed by atoms with Crippen molar-refractivity contribution in [2.75, 3.05) is 12.3 Å². The third-order valence-corrected chi connectivity index (χ3v) is 5.82. The minimum absolute atomic E-state index is 0.0495. The number of anilines is 1. The molecule has 1 aliphatic rings. The number of ether oxygens (including phenoxy) is 3. The topological polar surface area (TPSA) is 152 Å². The van der Waals surface area contributed by atoms with E-state index in [0.29, 0.717) is 5.56 Å². The van der Waals surface area contributed by atoms with E-state index in [2.05, 4.69) is 15.0 Å². The van der Waals surface area contributed by atoms with Crippen molar-refractivity contribution in [3.05, 3.63) is 83.4 Å². The fraction of sp³-hybridized carbons (Fsp3) is 0.208. The molecule has 3 heterocycles. The van der Waals surface area contributed by atoms with E-state index in [4.69, 9.17) is 31.5 Å². The van der Waals surface area contributed by atoms with Crippen LogP contribution in [0.2, 0.25) is 5.28 Å². The fourth-order valence-electron chi connectivity index (χ4n) is 3.89. The van der Waals surface area contributed by atoms with Gasteiger partial charge in [0, 0.05) is 0 Å². The van der Waals surface area contributed by atoms with Crippen molar-refractivity contribution in [2.45, 2.75) is 24.5 Å². The maximum atomic E-state index is 12.8. The molecule has 2 unspecified atom stereocenters. The lowest BCUT2D eigenvalue weighted by molar-refractivity contribution is -0.0601. The molecule has 11 nitrogen and oxygen atoms in total. The predicted octanol–water partition coefficient (Wildman–Crippen LogP) is 2.40. The van der Waals surface area contributed by atoms with Crippen molar-refractivity contribution in [1.29, 1.82) is 0 Å². The number of nitrogens with two attached hydrogens (primary N) is 1. The Kier molecular flexibility index (Phi) is 6.51. The van der Waals surface area contributed by atoms with E-state index in [9.17, 15) is 14.7 Å². The van der Waals surface area contributed by atoms with Crippen LogP contribution in [0.15, 0.2) is 67.0 Å². The monoisotopic (exact) mass is 509 g/mol. The highest BCUT2D eigenvalue weighted by atomic mass is 35.5. The lowest BCUT2D eigenvalue weighted by Crippen LogP contribution is -2.37. The van der Waals surface area contributed by atoms with E-state index in [1.165, 1.54) is 10.9 Å². The molecule has 36 heavy (non-hydrogen) atoms. The predicted molar refractivity (Wildman–Crippen MR) is 127 cm³/mol. The van der Waals surface area contributed by atoms with Gasteiger partial charge in [-0.2, -0.15) is 9.97 Å². The number of fused-ring (bicyclic) bond motifs is 1. The van der Waals surface area contributed by atoms with Crippen LogP contribution >= 0.6 is 11.6 Å². The number of aliphatic hydroxyl groups is 1. The number of aliphatic hydroxyl groups excluding tert-OH is 1. The van der Waals surface area contributed by atoms with Gasteiger partial charge in [0.15, 0.2) is 23.8 Å². The Balaban J connectivity index is 1.43. The SMILES string of the molecule is Nc1nc(Cl)nc2c1ncn2[C@@H]1O[C@H](COC(=O)c2ccccc2)C(O)C1OC(=O)c1ccccc1. The van der Waals surface area contributed by atoms with Crippen LogP contribution < -0.4 is 5.73 Å². The van der Waals surface area contributed by atoms with Gasteiger partial charge in [0.2, 0.25) is 5.28 Å². The summed E-state index contributed by atoms with van der Waals surface area (Å²) in [5.74, 6) is -1.21. The van der Waals surface area contributed by atoms with E-state index in [-0.39, 0.29) is 34.4 Å². The van der Waals surface area contributed by atoms with Crippen LogP contribution in [0, 0.1) is 0 Å². The first-order chi connectivity index (χ1) is 17.4. The standard InChI is InChI=1S/C24H20ClN5O6/c25-24-28-19(26)16-20(29-24)30(12-27-16)21-18(36-23(33)14-9-5-2-6-10-14)17(31)15(35-21)11-34-22(32)13-7-3-1-4-8-13/h1-10,12,15,17-18,21,31H,11H2,(H2,26,28,29)/t15-,17?,18?,21-/m1/s1. The first-order valence-corrected chi connectivity index (χ1v) is 11.3. The van der Waals surface area contributed by atoms with Gasteiger partial charge in [-0.25, -0.2) is 14.6 Å². The van der Waals surface area contributed by atoms with Gasteiger partial charge in [-0.3, -0.25) is 4.57 Å². The number of nitrogen functional groups attached to an aromatic ring is 1. The summed E-state index contributed by atoms with van der Waals surface area (Å²) in [5, 5.41) is 10.9. The van der Waals surface area contributed by atoms with E-state index in [1.54, 1.807) is 60.7 Å². The molecule has 3 N–H and O–H groups in total. The number of carbonyl (C=O) groups excluding carboxylic acids is 2. The van der Waals surface area contributed by atoms with Gasteiger partial charge in [-0.1, -0.05) is 36.4 Å². The van der Waals surface area contributed by atoms with Crippen molar-refractivity contribution in [3.63, 3.8) is 0 Å². The molecule has 4 atom stereocenters. The highest BCUT2D eigenvalue weighted by molar-refractivity contribution is 6.28. The second kappa shape index (κ2) is 9.90. The second-order valence-electron chi connectivity index (χ2n) is 7.96. The van der Waals surface area contributed by atoms with Crippen LogP contribution in [-0.4, -0.2) is 61.5 Å². The molecule has 0 aliphatic carbocycles. The quantitative estimate of drug-likeness (QED) is 0.292. The zero-order valence-corrected chi connectivity index (χ0v) is 19.4. The Morgan fingerprint density at radius 3 is 2.33 bits per heavy atom. The van der Waals surface area contributed by atoms with Gasteiger partial charge >= 0.3 is 11.9 Å². The van der Waals surface area contributed by atoms with Gasteiger partial charge in [0.05, 0.1) is 17.5 Å². The highest BCUT2D eigenvalue weighted by Crippen LogP contribution is 2.35. The van der Waals surface area contributed by atoms with Crippen molar-refractivity contribution in [3.8, 4) is 0 Å². The molecule has 0 radical (unpaired) electrons. The fourth-order valence-corrected chi connectivity index (χ4v) is 4.06. The summed E-state index contributed by atoms with van der Waals surface area (Å²) in [6, 6.07) is 16.7. The maximum absolute atomic E-state index is 12.8. The van der Waals surface area contributed by atoms with Crippen molar-refractivity contribution >= 4 is 40.5 Å². The average molecular weight is 510 g/mol. The largest absolute Gasteiger partial charge is 0.459 e. The molecule has 5 rings (SSSR count). The Bertz CT molecular complexity index is 1400. The van der Waals surface area contributed by atoms with E-state index < -0.39 is 36.5 Å². The Labute approximate surface area is 209 Å². The molecule has 0 amide bonds. The van der Waals surface area contributed by atoms with E-state index in [0.717, 1.165) is 0 Å². The van der Waals surface area contributed by atoms with Gasteiger partial charge < -0.3 is 25.1 Å². The summed E-state index contributed by atoms with van der Waals surface area (Å²) in [5.41, 5.74) is 7.00. The van der Waals surface area contributed by atoms with Crippen LogP contribution in [0.5, 0.6) is 0 Å². The number of imidazole rings is 1. The Morgan fingerprint density at radius 2 is 1.67 bits per heavy atom. The molecule has 1 aliphatic heterocycles. The summed E-state index contributed by atoms with van der Waals surface area (Å²) >= 11 is 5.98. The maximum Gasteiger partial charge on any atom is 0.338 e. The van der Waals surface area contributed by atoms with Gasteiger partial charge in [0.25, 0.3) is 0 Å². The van der Waals surface area contributed by atoms with Crippen LogP contribution in [0.1, 0.15) is 26.9 Å². The van der Waals surface area contributed by atoms with Gasteiger partial charge in [-0.15, -0.1) is 0 Å². The molecule has 1 fully saturated rings. The third kappa shape index (κ3) is 4.59. The minimum atomic E-state index is -1.35. The number of carbonyl (C=O) groups is 2. The third-order valence-electron chi connectivity index (χ3n) is 5.65. The highest BCUT2D eigenvalue weighted by Gasteiger charge is 2.48. The number of esters is 2. The summed E-state index contributed by atoms with van der Waals surface area (Å²) in [7, 11) is 0. The summed E-state index contributed by atoms with van der Waals surface area (Å²) < 4.78 is 18.5. The van der Waals surface area contributed by atoms with Crippen LogP contribution in [0.3, 0.4) is 0 Å². The van der Waals surface area contributed by atoms with Gasteiger partial charge in [0.1, 0.15) is 24.3 Å². The molecule has 12 heteroatoms. The number of halogens is 1. The van der Waals surface area contributed by atoms with Crippen molar-refractivity contribution in [1.82, 2.24) is 19.5 Å². The van der Waals surface area contributed by atoms with Crippen LogP contribution in [0.4, 0.5) is 5.82 Å².